The zero-order valence-corrected chi connectivity index (χ0v) is 32.0. The first-order valence-electron chi connectivity index (χ1n) is 18.0. The van der Waals surface area contributed by atoms with Crippen molar-refractivity contribution in [2.24, 2.45) is 5.41 Å². The second-order valence-electron chi connectivity index (χ2n) is 15.0. The minimum atomic E-state index is -0.874. The predicted molar refractivity (Wildman–Crippen MR) is 210 cm³/mol. The fraction of sp³-hybridized carbons (Fsp3) is 0.429. The SMILES string of the molecule is C#Cc1ccc(N2C(=O)C(C)(C)N(c3ccc(-c4ccc(OCCCCOCC(=O)N[C@H](C(=O)N5CCCC5)C(C)(C)C)cc4)cc3)C2=S)cc1C. The number of aryl methyl sites for hydroxylation is 1. The van der Waals surface area contributed by atoms with Crippen molar-refractivity contribution in [2.45, 2.75) is 78.8 Å². The van der Waals surface area contributed by atoms with Crippen LogP contribution in [0.4, 0.5) is 11.4 Å². The molecule has 2 heterocycles. The highest BCUT2D eigenvalue weighted by Gasteiger charge is 2.50. The second kappa shape index (κ2) is 16.3. The first-order valence-corrected chi connectivity index (χ1v) is 18.4. The van der Waals surface area contributed by atoms with Crippen molar-refractivity contribution in [2.75, 3.05) is 42.7 Å². The number of likely N-dealkylation sites (tertiary alicyclic amines) is 1. The molecule has 0 aliphatic carbocycles. The molecule has 10 heteroatoms. The molecule has 274 valence electrons. The van der Waals surface area contributed by atoms with Crippen LogP contribution in [0, 0.1) is 24.7 Å². The maximum Gasteiger partial charge on any atom is 0.259 e. The van der Waals surface area contributed by atoms with E-state index in [1.165, 1.54) is 0 Å². The van der Waals surface area contributed by atoms with Crippen LogP contribution in [0.15, 0.2) is 66.7 Å². The van der Waals surface area contributed by atoms with Gasteiger partial charge in [-0.25, -0.2) is 0 Å². The molecule has 2 saturated heterocycles. The number of carbonyl (C=O) groups excluding carboxylic acids is 3. The lowest BCUT2D eigenvalue weighted by Crippen LogP contribution is -2.54. The summed E-state index contributed by atoms with van der Waals surface area (Å²) in [4.78, 5) is 44.5. The lowest BCUT2D eigenvalue weighted by Gasteiger charge is -2.33. The van der Waals surface area contributed by atoms with E-state index in [9.17, 15) is 14.4 Å². The Labute approximate surface area is 313 Å². The average Bonchev–Trinajstić information content (AvgIpc) is 3.71. The highest BCUT2D eigenvalue weighted by atomic mass is 32.1. The number of thiocarbonyl (C=S) groups is 1. The molecule has 1 atom stereocenters. The first kappa shape index (κ1) is 38.5. The van der Waals surface area contributed by atoms with Gasteiger partial charge in [-0.3, -0.25) is 19.3 Å². The standard InChI is InChI=1S/C42H50N4O5S/c1-8-30-13-20-34(27-29(30)2)45-39(49)42(6,7)46(40(45)52)33-18-14-31(15-19-33)32-16-21-35(22-17-32)51-26-12-11-25-50-28-36(47)43-37(41(3,4)5)38(48)44-23-9-10-24-44/h1,13-22,27,37H,9-12,23-26,28H2,2-7H3,(H,43,47)/t37-/m1/s1. The van der Waals surface area contributed by atoms with Crippen LogP contribution < -0.4 is 19.9 Å². The molecule has 0 spiro atoms. The van der Waals surface area contributed by atoms with Crippen LogP contribution in [0.3, 0.4) is 0 Å². The van der Waals surface area contributed by atoms with Gasteiger partial charge in [0.1, 0.15) is 23.9 Å². The topological polar surface area (TPSA) is 91.4 Å². The molecule has 1 N–H and O–H groups in total. The molecular formula is C42H50N4O5S. The van der Waals surface area contributed by atoms with Gasteiger partial charge in [-0.2, -0.15) is 0 Å². The molecule has 9 nitrogen and oxygen atoms in total. The van der Waals surface area contributed by atoms with Gasteiger partial charge in [-0.1, -0.05) is 51.0 Å². The molecule has 0 unspecified atom stereocenters. The third-order valence-electron chi connectivity index (χ3n) is 9.63. The summed E-state index contributed by atoms with van der Waals surface area (Å²) in [5.41, 5.74) is 4.02. The van der Waals surface area contributed by atoms with Gasteiger partial charge in [0.15, 0.2) is 5.11 Å². The zero-order valence-electron chi connectivity index (χ0n) is 31.2. The summed E-state index contributed by atoms with van der Waals surface area (Å²) in [6.07, 6.45) is 9.13. The van der Waals surface area contributed by atoms with Crippen LogP contribution in [0.5, 0.6) is 5.75 Å². The lowest BCUT2D eigenvalue weighted by molar-refractivity contribution is -0.139. The van der Waals surface area contributed by atoms with E-state index in [4.69, 9.17) is 28.1 Å². The number of hydrogen-bond acceptors (Lipinski definition) is 6. The number of nitrogens with zero attached hydrogens (tertiary/aromatic N) is 3. The van der Waals surface area contributed by atoms with Gasteiger partial charge >= 0.3 is 0 Å². The maximum absolute atomic E-state index is 13.6. The fourth-order valence-electron chi connectivity index (χ4n) is 6.58. The summed E-state index contributed by atoms with van der Waals surface area (Å²) in [7, 11) is 0. The van der Waals surface area contributed by atoms with Gasteiger partial charge in [0.05, 0.1) is 12.3 Å². The van der Waals surface area contributed by atoms with Gasteiger partial charge in [0.2, 0.25) is 11.8 Å². The summed E-state index contributed by atoms with van der Waals surface area (Å²) in [5, 5.41) is 3.32. The molecule has 3 aromatic carbocycles. The zero-order chi connectivity index (χ0) is 37.6. The maximum atomic E-state index is 13.6. The second-order valence-corrected chi connectivity index (χ2v) is 15.4. The number of hydrogen-bond donors (Lipinski definition) is 1. The molecule has 52 heavy (non-hydrogen) atoms. The molecule has 0 aromatic heterocycles. The monoisotopic (exact) mass is 722 g/mol. The molecule has 2 aliphatic rings. The molecule has 2 fully saturated rings. The van der Waals surface area contributed by atoms with Crippen molar-refractivity contribution in [3.05, 3.63) is 77.9 Å². The molecule has 2 aliphatic heterocycles. The molecule has 0 bridgehead atoms. The number of ether oxygens (including phenoxy) is 2. The Bertz CT molecular complexity index is 1820. The number of nitrogens with one attached hydrogen (secondary N) is 1. The van der Waals surface area contributed by atoms with E-state index in [0.717, 1.165) is 72.5 Å². The van der Waals surface area contributed by atoms with E-state index in [-0.39, 0.29) is 24.3 Å². The quantitative estimate of drug-likeness (QED) is 0.117. The smallest absolute Gasteiger partial charge is 0.259 e. The average molecular weight is 723 g/mol. The number of amides is 3. The van der Waals surface area contributed by atoms with E-state index in [1.807, 2.05) is 118 Å². The van der Waals surface area contributed by atoms with Gasteiger partial charge in [-0.05, 0) is 123 Å². The van der Waals surface area contributed by atoms with Crippen molar-refractivity contribution in [3.8, 4) is 29.2 Å². The minimum Gasteiger partial charge on any atom is -0.494 e. The third kappa shape index (κ3) is 8.66. The van der Waals surface area contributed by atoms with Gasteiger partial charge in [-0.15, -0.1) is 6.42 Å². The highest BCUT2D eigenvalue weighted by molar-refractivity contribution is 7.81. The Morgan fingerprint density at radius 1 is 0.942 bits per heavy atom. The number of terminal acetylenes is 1. The van der Waals surface area contributed by atoms with E-state index in [0.29, 0.717) is 24.0 Å². The Hall–Kier alpha value is -4.72. The van der Waals surface area contributed by atoms with E-state index < -0.39 is 17.0 Å². The van der Waals surface area contributed by atoms with Crippen molar-refractivity contribution < 1.29 is 23.9 Å². The predicted octanol–water partition coefficient (Wildman–Crippen LogP) is 6.89. The summed E-state index contributed by atoms with van der Waals surface area (Å²) in [5.74, 6) is 3.04. The molecular weight excluding hydrogens is 673 g/mol. The van der Waals surface area contributed by atoms with Crippen LogP contribution in [0.2, 0.25) is 0 Å². The fourth-order valence-corrected chi connectivity index (χ4v) is 7.11. The van der Waals surface area contributed by atoms with Crippen molar-refractivity contribution >= 4 is 46.4 Å². The summed E-state index contributed by atoms with van der Waals surface area (Å²) in [6.45, 7) is 14.0. The highest BCUT2D eigenvalue weighted by Crippen LogP contribution is 2.37. The summed E-state index contributed by atoms with van der Waals surface area (Å²) >= 11 is 5.86. The normalized spacial score (nSPS) is 16.2. The molecule has 3 aromatic rings. The van der Waals surface area contributed by atoms with Gasteiger partial charge in [0.25, 0.3) is 5.91 Å². The minimum absolute atomic E-state index is 0.0148. The number of unbranched alkanes of at least 4 members (excludes halogenated alkanes) is 1. The van der Waals surface area contributed by atoms with E-state index in [1.54, 1.807) is 4.90 Å². The lowest BCUT2D eigenvalue weighted by atomic mass is 9.85. The van der Waals surface area contributed by atoms with Crippen LogP contribution >= 0.6 is 12.2 Å². The van der Waals surface area contributed by atoms with E-state index >= 15 is 0 Å². The first-order chi connectivity index (χ1) is 24.7. The number of rotatable bonds is 13. The molecule has 0 saturated carbocycles. The van der Waals surface area contributed by atoms with Crippen LogP contribution in [-0.2, 0) is 19.1 Å². The number of carbonyl (C=O) groups is 3. The Kier molecular flexibility index (Phi) is 12.1. The van der Waals surface area contributed by atoms with Crippen LogP contribution in [0.1, 0.15) is 71.4 Å². The Morgan fingerprint density at radius 3 is 2.13 bits per heavy atom. The van der Waals surface area contributed by atoms with Crippen molar-refractivity contribution in [1.82, 2.24) is 10.2 Å². The Morgan fingerprint density at radius 2 is 1.54 bits per heavy atom. The number of anilines is 2. The third-order valence-corrected chi connectivity index (χ3v) is 9.99. The van der Waals surface area contributed by atoms with Crippen molar-refractivity contribution in [1.29, 1.82) is 0 Å². The van der Waals surface area contributed by atoms with Crippen molar-refractivity contribution in [3.63, 3.8) is 0 Å². The van der Waals surface area contributed by atoms with Gasteiger partial charge in [0, 0.05) is 30.9 Å². The van der Waals surface area contributed by atoms with Gasteiger partial charge < -0.3 is 24.6 Å². The molecule has 3 amide bonds. The summed E-state index contributed by atoms with van der Waals surface area (Å²) in [6, 6.07) is 21.0. The number of benzene rings is 3. The Balaban J connectivity index is 1.07. The molecule has 0 radical (unpaired) electrons. The van der Waals surface area contributed by atoms with E-state index in [2.05, 4.69) is 11.2 Å². The van der Waals surface area contributed by atoms with Crippen LogP contribution in [-0.4, -0.2) is 72.2 Å². The van der Waals surface area contributed by atoms with Crippen LogP contribution in [0.25, 0.3) is 11.1 Å². The molecule has 5 rings (SSSR count). The largest absolute Gasteiger partial charge is 0.494 e. The summed E-state index contributed by atoms with van der Waals surface area (Å²) < 4.78 is 11.5.